The Kier molecular flexibility index (Phi) is 4.62. The minimum absolute atomic E-state index is 0.112. The van der Waals surface area contributed by atoms with E-state index >= 15 is 0 Å². The first-order valence-electron chi connectivity index (χ1n) is 7.19. The van der Waals surface area contributed by atoms with Crippen molar-refractivity contribution in [3.8, 4) is 0 Å². The zero-order valence-electron chi connectivity index (χ0n) is 13.0. The van der Waals surface area contributed by atoms with E-state index in [1.807, 2.05) is 30.3 Å². The van der Waals surface area contributed by atoms with Crippen molar-refractivity contribution >= 4 is 13.3 Å². The summed E-state index contributed by atoms with van der Waals surface area (Å²) in [4.78, 5) is 12.6. The second-order valence-corrected chi connectivity index (χ2v) is 8.32. The number of rotatable bonds is 7. The Balaban J connectivity index is 2.19. The van der Waals surface area contributed by atoms with Crippen LogP contribution in [0.2, 0.25) is 0 Å². The molecular formula is C16H22NO4P. The lowest BCUT2D eigenvalue weighted by Gasteiger charge is -2.25. The molecule has 1 aliphatic rings. The van der Waals surface area contributed by atoms with Gasteiger partial charge < -0.3 is 15.0 Å². The third kappa shape index (κ3) is 2.65. The van der Waals surface area contributed by atoms with Gasteiger partial charge in [-0.05, 0) is 18.9 Å². The Morgan fingerprint density at radius 2 is 2.09 bits per heavy atom. The van der Waals surface area contributed by atoms with E-state index in [9.17, 15) is 9.36 Å². The van der Waals surface area contributed by atoms with Gasteiger partial charge in [0.05, 0.1) is 12.1 Å². The molecule has 6 heteroatoms. The van der Waals surface area contributed by atoms with Gasteiger partial charge in [0.1, 0.15) is 6.61 Å². The molecule has 2 rings (SSSR count). The Bertz CT molecular complexity index is 618. The maximum atomic E-state index is 12.9. The van der Waals surface area contributed by atoms with Gasteiger partial charge in [-0.2, -0.15) is 0 Å². The quantitative estimate of drug-likeness (QED) is 0.474. The SMILES string of the molecule is C=CC1(N)CC1(C(=O)OCc1ccccc1)P(C)(=O)OCC. The first-order valence-corrected chi connectivity index (χ1v) is 9.26. The molecule has 0 saturated heterocycles. The molecule has 0 aliphatic heterocycles. The van der Waals surface area contributed by atoms with Crippen LogP contribution in [0.5, 0.6) is 0 Å². The predicted octanol–water partition coefficient (Wildman–Crippen LogP) is 2.70. The Morgan fingerprint density at radius 1 is 1.45 bits per heavy atom. The lowest BCUT2D eigenvalue weighted by molar-refractivity contribution is -0.145. The molecular weight excluding hydrogens is 301 g/mol. The zero-order valence-corrected chi connectivity index (χ0v) is 13.8. The van der Waals surface area contributed by atoms with Crippen LogP contribution < -0.4 is 5.73 Å². The average Bonchev–Trinajstić information content (AvgIpc) is 3.15. The van der Waals surface area contributed by atoms with E-state index < -0.39 is 24.0 Å². The number of hydrogen-bond acceptors (Lipinski definition) is 5. The molecule has 0 amide bonds. The van der Waals surface area contributed by atoms with Crippen molar-refractivity contribution in [3.05, 3.63) is 48.6 Å². The minimum Gasteiger partial charge on any atom is -0.460 e. The van der Waals surface area contributed by atoms with Crippen LogP contribution in [0.1, 0.15) is 18.9 Å². The van der Waals surface area contributed by atoms with Gasteiger partial charge in [-0.15, -0.1) is 6.58 Å². The molecule has 3 atom stereocenters. The van der Waals surface area contributed by atoms with Crippen LogP contribution in [0.25, 0.3) is 0 Å². The van der Waals surface area contributed by atoms with E-state index in [1.54, 1.807) is 6.92 Å². The van der Waals surface area contributed by atoms with Crippen molar-refractivity contribution in [3.63, 3.8) is 0 Å². The van der Waals surface area contributed by atoms with Crippen molar-refractivity contribution in [2.24, 2.45) is 5.73 Å². The third-order valence-corrected chi connectivity index (χ3v) is 7.07. The molecule has 0 aromatic heterocycles. The van der Waals surface area contributed by atoms with Crippen LogP contribution in [-0.2, 0) is 25.2 Å². The van der Waals surface area contributed by atoms with Gasteiger partial charge in [0.2, 0.25) is 7.37 Å². The number of carbonyl (C=O) groups is 1. The van der Waals surface area contributed by atoms with Gasteiger partial charge >= 0.3 is 5.97 Å². The predicted molar refractivity (Wildman–Crippen MR) is 85.9 cm³/mol. The summed E-state index contributed by atoms with van der Waals surface area (Å²) >= 11 is 0. The first kappa shape index (κ1) is 16.9. The summed E-state index contributed by atoms with van der Waals surface area (Å²) < 4.78 is 23.6. The Labute approximate surface area is 130 Å². The Morgan fingerprint density at radius 3 is 2.59 bits per heavy atom. The van der Waals surface area contributed by atoms with E-state index in [4.69, 9.17) is 15.0 Å². The molecule has 0 spiro atoms. The summed E-state index contributed by atoms with van der Waals surface area (Å²) in [7, 11) is -3.27. The molecule has 0 heterocycles. The molecule has 3 unspecified atom stereocenters. The van der Waals surface area contributed by atoms with Crippen LogP contribution in [0.4, 0.5) is 0 Å². The number of esters is 1. The van der Waals surface area contributed by atoms with Gasteiger partial charge in [0, 0.05) is 6.66 Å². The van der Waals surface area contributed by atoms with Crippen molar-refractivity contribution in [1.82, 2.24) is 0 Å². The van der Waals surface area contributed by atoms with Gasteiger partial charge in [-0.3, -0.25) is 9.36 Å². The zero-order chi connectivity index (χ0) is 16.4. The summed E-state index contributed by atoms with van der Waals surface area (Å²) in [5, 5.41) is -1.33. The van der Waals surface area contributed by atoms with E-state index in [2.05, 4.69) is 6.58 Å². The fourth-order valence-electron chi connectivity index (χ4n) is 2.77. The van der Waals surface area contributed by atoms with E-state index in [1.165, 1.54) is 12.7 Å². The summed E-state index contributed by atoms with van der Waals surface area (Å²) in [5.74, 6) is -0.585. The molecule has 1 saturated carbocycles. The number of nitrogens with two attached hydrogens (primary N) is 1. The van der Waals surface area contributed by atoms with Crippen molar-refractivity contribution in [2.45, 2.75) is 30.6 Å². The highest BCUT2D eigenvalue weighted by Crippen LogP contribution is 2.73. The molecule has 0 bridgehead atoms. The van der Waals surface area contributed by atoms with Crippen molar-refractivity contribution < 1.29 is 18.6 Å². The summed E-state index contributed by atoms with van der Waals surface area (Å²) in [6.07, 6.45) is 1.69. The van der Waals surface area contributed by atoms with Crippen LogP contribution in [0.15, 0.2) is 43.0 Å². The van der Waals surface area contributed by atoms with Crippen LogP contribution in [0.3, 0.4) is 0 Å². The van der Waals surface area contributed by atoms with E-state index in [0.29, 0.717) is 0 Å². The molecule has 1 aromatic carbocycles. The molecule has 5 nitrogen and oxygen atoms in total. The standard InChI is InChI=1S/C16H22NO4P/c1-4-15(17)12-16(15,22(3,19)21-5-2)14(18)20-11-13-9-7-6-8-10-13/h4,6-10H,1,5,11-12,17H2,2-3H3. The smallest absolute Gasteiger partial charge is 0.324 e. The van der Waals surface area contributed by atoms with Crippen LogP contribution >= 0.6 is 7.37 Å². The third-order valence-electron chi connectivity index (χ3n) is 4.18. The normalized spacial score (nSPS) is 29.4. The summed E-state index contributed by atoms with van der Waals surface area (Å²) in [6.45, 7) is 7.18. The first-order chi connectivity index (χ1) is 10.3. The lowest BCUT2D eigenvalue weighted by Crippen LogP contribution is -2.40. The number of hydrogen-bond donors (Lipinski definition) is 1. The Hall–Kier alpha value is -1.42. The second-order valence-electron chi connectivity index (χ2n) is 5.61. The topological polar surface area (TPSA) is 78.6 Å². The van der Waals surface area contributed by atoms with Crippen LogP contribution in [0, 0.1) is 0 Å². The fraction of sp³-hybridized carbons (Fsp3) is 0.438. The highest BCUT2D eigenvalue weighted by Gasteiger charge is 2.78. The second kappa shape index (κ2) is 5.99. The molecule has 0 radical (unpaired) electrons. The van der Waals surface area contributed by atoms with Crippen molar-refractivity contribution in [2.75, 3.05) is 13.3 Å². The monoisotopic (exact) mass is 323 g/mol. The summed E-state index contributed by atoms with van der Waals surface area (Å²) in [6, 6.07) is 9.30. The fourth-order valence-corrected chi connectivity index (χ4v) is 5.27. The van der Waals surface area contributed by atoms with E-state index in [0.717, 1.165) is 5.56 Å². The largest absolute Gasteiger partial charge is 0.460 e. The minimum atomic E-state index is -3.27. The highest BCUT2D eigenvalue weighted by atomic mass is 31.2. The summed E-state index contributed by atoms with van der Waals surface area (Å²) in [5.41, 5.74) is 5.96. The van der Waals surface area contributed by atoms with Gasteiger partial charge in [-0.1, -0.05) is 36.4 Å². The van der Waals surface area contributed by atoms with Crippen LogP contribution in [-0.4, -0.2) is 29.9 Å². The average molecular weight is 323 g/mol. The molecule has 1 aromatic rings. The van der Waals surface area contributed by atoms with Gasteiger partial charge in [-0.25, -0.2) is 0 Å². The van der Waals surface area contributed by atoms with Crippen molar-refractivity contribution in [1.29, 1.82) is 0 Å². The lowest BCUT2D eigenvalue weighted by atomic mass is 10.2. The molecule has 2 N–H and O–H groups in total. The highest BCUT2D eigenvalue weighted by molar-refractivity contribution is 7.61. The number of ether oxygens (including phenoxy) is 1. The number of benzene rings is 1. The van der Waals surface area contributed by atoms with Gasteiger partial charge in [0.15, 0.2) is 5.16 Å². The van der Waals surface area contributed by atoms with Gasteiger partial charge in [0.25, 0.3) is 0 Å². The maximum absolute atomic E-state index is 12.9. The molecule has 1 fully saturated rings. The number of carbonyl (C=O) groups excluding carboxylic acids is 1. The van der Waals surface area contributed by atoms with E-state index in [-0.39, 0.29) is 19.6 Å². The molecule has 1 aliphatic carbocycles. The molecule has 120 valence electrons. The maximum Gasteiger partial charge on any atom is 0.324 e. The molecule has 22 heavy (non-hydrogen) atoms.